The Labute approximate surface area is 119 Å². The quantitative estimate of drug-likeness (QED) is 0.712. The highest BCUT2D eigenvalue weighted by Gasteiger charge is 2.10. The summed E-state index contributed by atoms with van der Waals surface area (Å²) in [6.45, 7) is 0. The maximum Gasteiger partial charge on any atom is 0.0763 e. The summed E-state index contributed by atoms with van der Waals surface area (Å²) in [6.07, 6.45) is 0. The summed E-state index contributed by atoms with van der Waals surface area (Å²) in [4.78, 5) is 0. The van der Waals surface area contributed by atoms with Crippen LogP contribution in [0, 0.1) is 0 Å². The average Bonchev–Trinajstić information content (AvgIpc) is 2.27. The first kappa shape index (κ1) is 12.8. The van der Waals surface area contributed by atoms with Crippen molar-refractivity contribution >= 4 is 57.8 Å². The summed E-state index contributed by atoms with van der Waals surface area (Å²) in [7, 11) is 0. The van der Waals surface area contributed by atoms with Crippen molar-refractivity contribution in [3.63, 3.8) is 0 Å². The summed E-state index contributed by atoms with van der Waals surface area (Å²) in [5.74, 6) is 0. The highest BCUT2D eigenvalue weighted by molar-refractivity contribution is 6.41. The fourth-order valence-corrected chi connectivity index (χ4v) is 2.34. The highest BCUT2D eigenvalue weighted by atomic mass is 35.5. The Hall–Kier alpha value is -0.600. The monoisotopic (exact) mass is 305 g/mol. The molecule has 0 heterocycles. The minimum atomic E-state index is 0.508. The molecule has 0 bridgehead atoms. The number of halogens is 4. The van der Waals surface area contributed by atoms with Gasteiger partial charge in [-0.3, -0.25) is 0 Å². The minimum Gasteiger partial charge on any atom is -0.351 e. The van der Waals surface area contributed by atoms with Gasteiger partial charge < -0.3 is 5.32 Å². The van der Waals surface area contributed by atoms with E-state index in [1.54, 1.807) is 36.4 Å². The van der Waals surface area contributed by atoms with E-state index in [0.717, 1.165) is 0 Å². The zero-order chi connectivity index (χ0) is 12.4. The number of anilines is 2. The van der Waals surface area contributed by atoms with Crippen LogP contribution in [-0.4, -0.2) is 0 Å². The maximum atomic E-state index is 6.05. The first-order valence-corrected chi connectivity index (χ1v) is 6.26. The van der Waals surface area contributed by atoms with Crippen LogP contribution < -0.4 is 5.32 Å². The van der Waals surface area contributed by atoms with Crippen LogP contribution in [-0.2, 0) is 0 Å². The molecular weight excluding hydrogens is 300 g/mol. The van der Waals surface area contributed by atoms with Crippen LogP contribution in [0.4, 0.5) is 11.4 Å². The molecule has 0 aliphatic carbocycles. The summed E-state index contributed by atoms with van der Waals surface area (Å²) in [6, 6.07) is 10.5. The van der Waals surface area contributed by atoms with Gasteiger partial charge in [-0.05, 0) is 24.3 Å². The number of para-hydroxylation sites is 2. The molecular formula is C12H7Cl4N. The molecule has 1 nitrogen and oxygen atoms in total. The molecule has 1 N–H and O–H groups in total. The average molecular weight is 307 g/mol. The highest BCUT2D eigenvalue weighted by Crippen LogP contribution is 2.37. The second-order valence-electron chi connectivity index (χ2n) is 3.32. The van der Waals surface area contributed by atoms with Crippen molar-refractivity contribution in [1.29, 1.82) is 0 Å². The second-order valence-corrected chi connectivity index (χ2v) is 4.95. The van der Waals surface area contributed by atoms with Crippen LogP contribution in [0.5, 0.6) is 0 Å². The predicted molar refractivity (Wildman–Crippen MR) is 76.2 cm³/mol. The molecule has 0 atom stereocenters. The van der Waals surface area contributed by atoms with Gasteiger partial charge in [0.1, 0.15) is 0 Å². The molecule has 0 unspecified atom stereocenters. The van der Waals surface area contributed by atoms with Crippen molar-refractivity contribution in [2.75, 3.05) is 5.32 Å². The third-order valence-corrected chi connectivity index (χ3v) is 3.44. The normalized spacial score (nSPS) is 10.4. The summed E-state index contributed by atoms with van der Waals surface area (Å²) < 4.78 is 0. The zero-order valence-electron chi connectivity index (χ0n) is 8.48. The molecule has 2 aromatic carbocycles. The molecule has 0 aliphatic heterocycles. The van der Waals surface area contributed by atoms with Gasteiger partial charge in [-0.1, -0.05) is 58.5 Å². The lowest BCUT2D eigenvalue weighted by molar-refractivity contribution is 1.55. The molecule has 0 spiro atoms. The first-order chi connectivity index (χ1) is 8.09. The molecule has 0 saturated heterocycles. The Morgan fingerprint density at radius 2 is 0.882 bits per heavy atom. The van der Waals surface area contributed by atoms with E-state index in [2.05, 4.69) is 5.32 Å². The number of rotatable bonds is 2. The number of hydrogen-bond donors (Lipinski definition) is 1. The second kappa shape index (κ2) is 5.36. The fourth-order valence-electron chi connectivity index (χ4n) is 1.36. The molecule has 0 radical (unpaired) electrons. The van der Waals surface area contributed by atoms with Gasteiger partial charge in [0.25, 0.3) is 0 Å². The van der Waals surface area contributed by atoms with Crippen molar-refractivity contribution in [1.82, 2.24) is 0 Å². The van der Waals surface area contributed by atoms with Gasteiger partial charge in [0.15, 0.2) is 0 Å². The first-order valence-electron chi connectivity index (χ1n) is 4.74. The van der Waals surface area contributed by atoms with Crippen LogP contribution in [0.25, 0.3) is 0 Å². The van der Waals surface area contributed by atoms with Gasteiger partial charge in [0.05, 0.1) is 31.5 Å². The number of hydrogen-bond acceptors (Lipinski definition) is 1. The molecule has 0 amide bonds. The van der Waals surface area contributed by atoms with Crippen LogP contribution in [0.2, 0.25) is 20.1 Å². The van der Waals surface area contributed by atoms with E-state index in [1.807, 2.05) is 0 Å². The lowest BCUT2D eigenvalue weighted by Crippen LogP contribution is -1.94. The van der Waals surface area contributed by atoms with Gasteiger partial charge in [-0.25, -0.2) is 0 Å². The molecule has 0 aromatic heterocycles. The van der Waals surface area contributed by atoms with E-state index >= 15 is 0 Å². The molecule has 0 saturated carbocycles. The molecule has 0 fully saturated rings. The van der Waals surface area contributed by atoms with Crippen molar-refractivity contribution in [3.05, 3.63) is 56.5 Å². The van der Waals surface area contributed by atoms with E-state index in [0.29, 0.717) is 31.5 Å². The standard InChI is InChI=1S/C12H7Cl4N/c13-7-3-1-4-8(14)11(7)17-12-9(15)5-2-6-10(12)16/h1-6,17H. The van der Waals surface area contributed by atoms with Crippen molar-refractivity contribution < 1.29 is 0 Å². The Kier molecular flexibility index (Phi) is 4.05. The van der Waals surface area contributed by atoms with Crippen molar-refractivity contribution in [2.24, 2.45) is 0 Å². The van der Waals surface area contributed by atoms with Gasteiger partial charge in [0, 0.05) is 0 Å². The van der Waals surface area contributed by atoms with Gasteiger partial charge >= 0.3 is 0 Å². The van der Waals surface area contributed by atoms with Gasteiger partial charge in [0.2, 0.25) is 0 Å². The topological polar surface area (TPSA) is 12.0 Å². The van der Waals surface area contributed by atoms with Gasteiger partial charge in [-0.2, -0.15) is 0 Å². The van der Waals surface area contributed by atoms with Crippen LogP contribution in [0.3, 0.4) is 0 Å². The molecule has 88 valence electrons. The summed E-state index contributed by atoms with van der Waals surface area (Å²) >= 11 is 24.2. The lowest BCUT2D eigenvalue weighted by Gasteiger charge is -2.12. The molecule has 5 heteroatoms. The van der Waals surface area contributed by atoms with E-state index in [9.17, 15) is 0 Å². The van der Waals surface area contributed by atoms with Crippen LogP contribution in [0.1, 0.15) is 0 Å². The fraction of sp³-hybridized carbons (Fsp3) is 0. The Balaban J connectivity index is 2.45. The predicted octanol–water partition coefficient (Wildman–Crippen LogP) is 6.04. The minimum absolute atomic E-state index is 0.508. The van der Waals surface area contributed by atoms with E-state index in [-0.39, 0.29) is 0 Å². The smallest absolute Gasteiger partial charge is 0.0763 e. The van der Waals surface area contributed by atoms with Crippen molar-refractivity contribution in [3.8, 4) is 0 Å². The zero-order valence-corrected chi connectivity index (χ0v) is 11.5. The molecule has 2 rings (SSSR count). The van der Waals surface area contributed by atoms with Crippen LogP contribution >= 0.6 is 46.4 Å². The largest absolute Gasteiger partial charge is 0.351 e. The number of nitrogens with one attached hydrogen (secondary N) is 1. The molecule has 2 aromatic rings. The third-order valence-electron chi connectivity index (χ3n) is 2.18. The van der Waals surface area contributed by atoms with Crippen LogP contribution in [0.15, 0.2) is 36.4 Å². The Morgan fingerprint density at radius 1 is 0.588 bits per heavy atom. The SMILES string of the molecule is Clc1cccc(Cl)c1Nc1c(Cl)cccc1Cl. The van der Waals surface area contributed by atoms with Crippen molar-refractivity contribution in [2.45, 2.75) is 0 Å². The summed E-state index contributed by atoms with van der Waals surface area (Å²) in [5, 5.41) is 5.08. The number of benzene rings is 2. The Morgan fingerprint density at radius 3 is 1.18 bits per heavy atom. The summed E-state index contributed by atoms with van der Waals surface area (Å²) in [5.41, 5.74) is 1.18. The molecule has 17 heavy (non-hydrogen) atoms. The van der Waals surface area contributed by atoms with Gasteiger partial charge in [-0.15, -0.1) is 0 Å². The molecule has 0 aliphatic rings. The van der Waals surface area contributed by atoms with E-state index < -0.39 is 0 Å². The maximum absolute atomic E-state index is 6.05. The van der Waals surface area contributed by atoms with E-state index in [1.165, 1.54) is 0 Å². The third kappa shape index (κ3) is 2.80. The Bertz CT molecular complexity index is 464. The lowest BCUT2D eigenvalue weighted by atomic mass is 10.2. The van der Waals surface area contributed by atoms with E-state index in [4.69, 9.17) is 46.4 Å².